The first kappa shape index (κ1) is 19.9. The molecule has 0 unspecified atom stereocenters. The number of ketones is 1. The summed E-state index contributed by atoms with van der Waals surface area (Å²) < 4.78 is 23.1. The number of ether oxygens (including phenoxy) is 2. The highest BCUT2D eigenvalue weighted by atomic mass is 31.2. The van der Waals surface area contributed by atoms with Crippen LogP contribution in [0.4, 0.5) is 0 Å². The molecule has 0 amide bonds. The lowest BCUT2D eigenvalue weighted by atomic mass is 9.91. The molecule has 0 bridgehead atoms. The molecular weight excluding hydrogens is 439 g/mol. The Balaban J connectivity index is 1.57. The van der Waals surface area contributed by atoms with Crippen LogP contribution in [0.15, 0.2) is 72.8 Å². The fraction of sp³-hybridized carbons (Fsp3) is 0.0385. The van der Waals surface area contributed by atoms with E-state index in [0.717, 1.165) is 26.9 Å². The van der Waals surface area contributed by atoms with Gasteiger partial charge in [-0.15, -0.1) is 0 Å². The smallest absolute Gasteiger partial charge is 0.357 e. The third-order valence-corrected chi connectivity index (χ3v) is 6.88. The largest absolute Gasteiger partial charge is 0.454 e. The molecule has 0 spiro atoms. The van der Waals surface area contributed by atoms with Crippen LogP contribution >= 0.6 is 7.60 Å². The van der Waals surface area contributed by atoms with Crippen molar-refractivity contribution >= 4 is 51.0 Å². The monoisotopic (exact) mass is 455 g/mol. The van der Waals surface area contributed by atoms with Crippen molar-refractivity contribution in [1.82, 2.24) is 0 Å². The van der Waals surface area contributed by atoms with Crippen molar-refractivity contribution in [3.63, 3.8) is 0 Å². The third-order valence-electron chi connectivity index (χ3n) is 5.94. The Morgan fingerprint density at radius 2 is 1.48 bits per heavy atom. The Morgan fingerprint density at radius 1 is 0.818 bits per heavy atom. The summed E-state index contributed by atoms with van der Waals surface area (Å²) in [4.78, 5) is 33.4. The zero-order valence-corrected chi connectivity index (χ0v) is 18.0. The van der Waals surface area contributed by atoms with E-state index in [4.69, 9.17) is 9.47 Å². The van der Waals surface area contributed by atoms with Gasteiger partial charge in [-0.3, -0.25) is 9.36 Å². The minimum atomic E-state index is -4.85. The number of Topliss-reactive ketones (excluding diaryl/α,β-unsaturated/α-hetero) is 1. The average molecular weight is 455 g/mol. The number of benzene rings is 5. The molecule has 0 saturated heterocycles. The molecule has 6 nitrogen and oxygen atoms in total. The highest BCUT2D eigenvalue weighted by molar-refractivity contribution is 7.63. The van der Waals surface area contributed by atoms with Gasteiger partial charge >= 0.3 is 7.60 Å². The Hall–Kier alpha value is -3.70. The quantitative estimate of drug-likeness (QED) is 0.161. The molecule has 6 rings (SSSR count). The average Bonchev–Trinajstić information content (AvgIpc) is 3.28. The van der Waals surface area contributed by atoms with E-state index < -0.39 is 18.7 Å². The number of carbonyl (C=O) groups is 1. The van der Waals surface area contributed by atoms with Crippen molar-refractivity contribution in [3.8, 4) is 11.5 Å². The van der Waals surface area contributed by atoms with E-state index in [0.29, 0.717) is 16.9 Å². The number of carbonyl (C=O) groups excluding carboxylic acids is 1. The SMILES string of the molecule is O=C(/[C]=C(/c1ccc2ccc3cccc4ccc1c2c34)P(=O)(O)O)c1ccc2c(c1)OCO2. The van der Waals surface area contributed by atoms with Gasteiger partial charge in [-0.1, -0.05) is 54.6 Å². The van der Waals surface area contributed by atoms with Crippen LogP contribution in [0, 0.1) is 6.08 Å². The van der Waals surface area contributed by atoms with Gasteiger partial charge in [0.1, 0.15) is 0 Å². The van der Waals surface area contributed by atoms with E-state index >= 15 is 0 Å². The Bertz CT molecular complexity index is 1650. The third kappa shape index (κ3) is 3.19. The number of rotatable bonds is 4. The van der Waals surface area contributed by atoms with Crippen molar-refractivity contribution in [2.45, 2.75) is 0 Å². The summed E-state index contributed by atoms with van der Waals surface area (Å²) in [7, 11) is -4.85. The zero-order valence-electron chi connectivity index (χ0n) is 17.1. The van der Waals surface area contributed by atoms with Gasteiger partial charge in [0.15, 0.2) is 17.3 Å². The van der Waals surface area contributed by atoms with Crippen LogP contribution in [0.5, 0.6) is 11.5 Å². The lowest BCUT2D eigenvalue weighted by Crippen LogP contribution is -1.99. The predicted molar refractivity (Wildman–Crippen MR) is 126 cm³/mol. The Labute approximate surface area is 188 Å². The first-order valence-corrected chi connectivity index (χ1v) is 11.8. The molecule has 0 saturated carbocycles. The van der Waals surface area contributed by atoms with Gasteiger partial charge in [-0.2, -0.15) is 0 Å². The first-order valence-electron chi connectivity index (χ1n) is 10.2. The van der Waals surface area contributed by atoms with E-state index in [1.54, 1.807) is 12.1 Å². The van der Waals surface area contributed by atoms with Crippen LogP contribution in [0.25, 0.3) is 37.6 Å². The molecule has 0 aliphatic carbocycles. The van der Waals surface area contributed by atoms with Crippen LogP contribution in [-0.4, -0.2) is 22.4 Å². The zero-order chi connectivity index (χ0) is 22.7. The number of hydrogen-bond donors (Lipinski definition) is 2. The molecule has 0 atom stereocenters. The summed E-state index contributed by atoms with van der Waals surface area (Å²) >= 11 is 0. The Kier molecular flexibility index (Phi) is 4.32. The minimum Gasteiger partial charge on any atom is -0.454 e. The lowest BCUT2D eigenvalue weighted by molar-refractivity contribution is 0.103. The van der Waals surface area contributed by atoms with Gasteiger partial charge in [0.2, 0.25) is 6.79 Å². The molecule has 5 aromatic carbocycles. The fourth-order valence-corrected chi connectivity index (χ4v) is 5.21. The van der Waals surface area contributed by atoms with Crippen LogP contribution in [0.3, 0.4) is 0 Å². The molecule has 1 radical (unpaired) electrons. The van der Waals surface area contributed by atoms with Crippen molar-refractivity contribution in [3.05, 3.63) is 90.0 Å². The summed E-state index contributed by atoms with van der Waals surface area (Å²) in [5.41, 5.74) is 0.478. The molecule has 1 aliphatic rings. The normalized spacial score (nSPS) is 13.9. The minimum absolute atomic E-state index is 0.0585. The molecule has 33 heavy (non-hydrogen) atoms. The van der Waals surface area contributed by atoms with E-state index in [2.05, 4.69) is 6.08 Å². The second-order valence-corrected chi connectivity index (χ2v) is 9.42. The molecule has 161 valence electrons. The lowest BCUT2D eigenvalue weighted by Gasteiger charge is -2.16. The molecular formula is C26H16O6P. The van der Waals surface area contributed by atoms with Gasteiger partial charge in [0.25, 0.3) is 0 Å². The van der Waals surface area contributed by atoms with E-state index in [1.807, 2.05) is 48.5 Å². The molecule has 0 fully saturated rings. The van der Waals surface area contributed by atoms with Crippen LogP contribution in [0.1, 0.15) is 15.9 Å². The number of allylic oxidation sites excluding steroid dienone is 1. The maximum Gasteiger partial charge on any atom is 0.357 e. The number of hydrogen-bond acceptors (Lipinski definition) is 4. The topological polar surface area (TPSA) is 93.1 Å². The van der Waals surface area contributed by atoms with Gasteiger partial charge in [-0.25, -0.2) is 0 Å². The van der Waals surface area contributed by atoms with Crippen molar-refractivity contribution in [2.75, 3.05) is 6.79 Å². The first-order chi connectivity index (χ1) is 15.9. The van der Waals surface area contributed by atoms with Crippen LogP contribution < -0.4 is 9.47 Å². The molecule has 1 heterocycles. The van der Waals surface area contributed by atoms with E-state index in [1.165, 1.54) is 12.1 Å². The van der Waals surface area contributed by atoms with Crippen LogP contribution in [-0.2, 0) is 4.57 Å². The second kappa shape index (κ2) is 7.15. The summed E-state index contributed by atoms with van der Waals surface area (Å²) in [5, 5.41) is 5.14. The van der Waals surface area contributed by atoms with E-state index in [9.17, 15) is 19.1 Å². The molecule has 1 aliphatic heterocycles. The van der Waals surface area contributed by atoms with E-state index in [-0.39, 0.29) is 17.9 Å². The van der Waals surface area contributed by atoms with Crippen molar-refractivity contribution in [2.24, 2.45) is 0 Å². The molecule has 5 aromatic rings. The number of fused-ring (bicyclic) bond motifs is 1. The van der Waals surface area contributed by atoms with Crippen molar-refractivity contribution < 1.29 is 28.6 Å². The summed E-state index contributed by atoms with van der Waals surface area (Å²) in [5.74, 6) is 0.262. The van der Waals surface area contributed by atoms with Gasteiger partial charge in [0.05, 0.1) is 11.4 Å². The highest BCUT2D eigenvalue weighted by Crippen LogP contribution is 2.53. The van der Waals surface area contributed by atoms with Gasteiger partial charge in [-0.05, 0) is 56.1 Å². The predicted octanol–water partition coefficient (Wildman–Crippen LogP) is 5.52. The van der Waals surface area contributed by atoms with Crippen LogP contribution in [0.2, 0.25) is 0 Å². The molecule has 7 heteroatoms. The maximum atomic E-state index is 13.0. The summed E-state index contributed by atoms with van der Waals surface area (Å²) in [6.45, 7) is 0.0585. The van der Waals surface area contributed by atoms with Gasteiger partial charge in [0, 0.05) is 5.56 Å². The second-order valence-electron chi connectivity index (χ2n) is 7.88. The summed E-state index contributed by atoms with van der Waals surface area (Å²) in [6, 6.07) is 21.8. The highest BCUT2D eigenvalue weighted by Gasteiger charge is 2.27. The summed E-state index contributed by atoms with van der Waals surface area (Å²) in [6.07, 6.45) is 2.47. The standard InChI is InChI=1S/C26H16O6P/c27-21(18-8-11-22-23(12-18)32-14-31-22)13-24(33(28,29)30)19-9-6-17-5-4-15-2-1-3-16-7-10-20(19)26(17)25(15)16/h1-12H,14H2,(H2,28,29,30). The Morgan fingerprint density at radius 3 is 2.24 bits per heavy atom. The fourth-order valence-electron chi connectivity index (χ4n) is 4.46. The molecule has 0 aromatic heterocycles. The van der Waals surface area contributed by atoms with Gasteiger partial charge < -0.3 is 19.3 Å². The molecule has 2 N–H and O–H groups in total. The van der Waals surface area contributed by atoms with Crippen molar-refractivity contribution in [1.29, 1.82) is 0 Å². The maximum absolute atomic E-state index is 13.0.